The molecular weight excluding hydrogens is 269 g/mol. The highest BCUT2D eigenvalue weighted by atomic mass is 16.6. The molecule has 1 heterocycles. The van der Waals surface area contributed by atoms with Gasteiger partial charge in [0, 0.05) is 11.6 Å². The summed E-state index contributed by atoms with van der Waals surface area (Å²) in [6.45, 7) is 9.37. The lowest BCUT2D eigenvalue weighted by Gasteiger charge is -2.19. The predicted molar refractivity (Wildman–Crippen MR) is 84.7 cm³/mol. The lowest BCUT2D eigenvalue weighted by atomic mass is 9.80. The van der Waals surface area contributed by atoms with E-state index in [0.717, 1.165) is 5.39 Å². The maximum absolute atomic E-state index is 12.0. The number of ether oxygens (including phenoxy) is 1. The largest absolute Gasteiger partial charge is 0.488 e. The normalized spacial score (nSPS) is 10.8. The van der Waals surface area contributed by atoms with Crippen LogP contribution >= 0.6 is 0 Å². The van der Waals surface area contributed by atoms with Crippen LogP contribution in [0, 0.1) is 0 Å². The summed E-state index contributed by atoms with van der Waals surface area (Å²) in [6.07, 6.45) is 1.11. The van der Waals surface area contributed by atoms with Crippen molar-refractivity contribution in [1.29, 1.82) is 0 Å². The molecule has 0 atom stereocenters. The van der Waals surface area contributed by atoms with Crippen LogP contribution in [0.1, 0.15) is 34.6 Å². The molecule has 2 aromatic rings. The Morgan fingerprint density at radius 3 is 2.33 bits per heavy atom. The Morgan fingerprint density at radius 1 is 1.19 bits per heavy atom. The van der Waals surface area contributed by atoms with Crippen LogP contribution < -0.4 is 5.46 Å². The summed E-state index contributed by atoms with van der Waals surface area (Å²) >= 11 is 0. The molecule has 0 spiro atoms. The van der Waals surface area contributed by atoms with Gasteiger partial charge in [-0.25, -0.2) is 4.79 Å². The molecule has 0 saturated carbocycles. The second kappa shape index (κ2) is 6.78. The summed E-state index contributed by atoms with van der Waals surface area (Å²) in [5.74, 6) is 0. The molecule has 0 aliphatic heterocycles. The van der Waals surface area contributed by atoms with Crippen molar-refractivity contribution < 1.29 is 19.6 Å². The Balaban J connectivity index is 0.00000106. The van der Waals surface area contributed by atoms with Gasteiger partial charge in [0.05, 0.1) is 5.52 Å². The smallest absolute Gasteiger partial charge is 0.443 e. The lowest BCUT2D eigenvalue weighted by Crippen LogP contribution is -2.30. The van der Waals surface area contributed by atoms with Crippen molar-refractivity contribution in [3.63, 3.8) is 0 Å². The van der Waals surface area contributed by atoms with Gasteiger partial charge >= 0.3 is 13.2 Å². The highest BCUT2D eigenvalue weighted by molar-refractivity contribution is 6.58. The molecule has 1 aromatic heterocycles. The van der Waals surface area contributed by atoms with Crippen LogP contribution in [0.15, 0.2) is 30.5 Å². The molecule has 0 bridgehead atoms. The average molecular weight is 291 g/mol. The summed E-state index contributed by atoms with van der Waals surface area (Å²) in [6, 6.07) is 6.66. The maximum Gasteiger partial charge on any atom is 0.488 e. The fourth-order valence-electron chi connectivity index (χ4n) is 1.78. The minimum absolute atomic E-state index is 0.330. The molecule has 0 amide bonds. The first-order valence-electron chi connectivity index (χ1n) is 6.98. The highest BCUT2D eigenvalue weighted by Crippen LogP contribution is 2.17. The first kappa shape index (κ1) is 17.3. The molecule has 5 nitrogen and oxygen atoms in total. The Bertz CT molecular complexity index is 614. The Morgan fingerprint density at radius 2 is 1.81 bits per heavy atom. The molecule has 0 saturated heterocycles. The van der Waals surface area contributed by atoms with E-state index in [-0.39, 0.29) is 0 Å². The van der Waals surface area contributed by atoms with Crippen LogP contribution in [-0.4, -0.2) is 33.4 Å². The zero-order valence-corrected chi connectivity index (χ0v) is 13.1. The number of hydrogen-bond acceptors (Lipinski definition) is 4. The average Bonchev–Trinajstić information content (AvgIpc) is 2.81. The molecule has 2 rings (SSSR count). The molecule has 114 valence electrons. The van der Waals surface area contributed by atoms with Gasteiger partial charge < -0.3 is 14.8 Å². The number of aromatic nitrogens is 1. The number of benzene rings is 1. The summed E-state index contributed by atoms with van der Waals surface area (Å²) in [4.78, 5) is 12.0. The molecule has 0 fully saturated rings. The summed E-state index contributed by atoms with van der Waals surface area (Å²) in [7, 11) is -1.56. The van der Waals surface area contributed by atoms with Crippen molar-refractivity contribution in [3.05, 3.63) is 30.5 Å². The SMILES string of the molecule is CC.CC(C)(C)OC(=O)n1ccc2ccc(B(O)O)cc21. The van der Waals surface area contributed by atoms with E-state index < -0.39 is 18.8 Å². The van der Waals surface area contributed by atoms with E-state index >= 15 is 0 Å². The molecule has 0 unspecified atom stereocenters. The number of carbonyl (C=O) groups is 1. The van der Waals surface area contributed by atoms with Gasteiger partial charge in [0.2, 0.25) is 0 Å². The van der Waals surface area contributed by atoms with E-state index in [0.29, 0.717) is 11.0 Å². The zero-order valence-electron chi connectivity index (χ0n) is 13.1. The van der Waals surface area contributed by atoms with Gasteiger partial charge in [0.1, 0.15) is 5.60 Å². The lowest BCUT2D eigenvalue weighted by molar-refractivity contribution is 0.0544. The van der Waals surface area contributed by atoms with Crippen LogP contribution in [0.3, 0.4) is 0 Å². The number of rotatable bonds is 1. The third-order valence-electron chi connectivity index (χ3n) is 2.61. The minimum atomic E-state index is -1.56. The Kier molecular flexibility index (Phi) is 5.58. The third-order valence-corrected chi connectivity index (χ3v) is 2.61. The summed E-state index contributed by atoms with van der Waals surface area (Å²) in [5, 5.41) is 19.2. The van der Waals surface area contributed by atoms with Gasteiger partial charge in [-0.15, -0.1) is 0 Å². The minimum Gasteiger partial charge on any atom is -0.443 e. The topological polar surface area (TPSA) is 71.7 Å². The molecule has 1 aromatic carbocycles. The van der Waals surface area contributed by atoms with Gasteiger partial charge in [-0.05, 0) is 38.4 Å². The predicted octanol–water partition coefficient (Wildman–Crippen LogP) is 2.13. The van der Waals surface area contributed by atoms with Crippen molar-refractivity contribution in [2.45, 2.75) is 40.2 Å². The monoisotopic (exact) mass is 291 g/mol. The first-order chi connectivity index (χ1) is 9.78. The number of hydrogen-bond donors (Lipinski definition) is 2. The van der Waals surface area contributed by atoms with Crippen LogP contribution in [0.25, 0.3) is 10.9 Å². The van der Waals surface area contributed by atoms with Gasteiger partial charge in [-0.3, -0.25) is 4.57 Å². The summed E-state index contributed by atoms with van der Waals surface area (Å²) < 4.78 is 6.64. The molecule has 6 heteroatoms. The van der Waals surface area contributed by atoms with Crippen molar-refractivity contribution in [2.24, 2.45) is 0 Å². The molecule has 0 radical (unpaired) electrons. The zero-order chi connectivity index (χ0) is 16.2. The molecule has 2 N–H and O–H groups in total. The number of nitrogens with zero attached hydrogens (tertiary/aromatic N) is 1. The van der Waals surface area contributed by atoms with E-state index in [1.165, 1.54) is 4.57 Å². The third kappa shape index (κ3) is 4.34. The second-order valence-electron chi connectivity index (χ2n) is 5.36. The first-order valence-corrected chi connectivity index (χ1v) is 6.98. The molecular formula is C15H22BNO4. The second-order valence-corrected chi connectivity index (χ2v) is 5.36. The number of carbonyl (C=O) groups excluding carboxylic acids is 1. The van der Waals surface area contributed by atoms with Crippen molar-refractivity contribution in [2.75, 3.05) is 0 Å². The van der Waals surface area contributed by atoms with E-state index in [2.05, 4.69) is 0 Å². The van der Waals surface area contributed by atoms with Crippen LogP contribution in [0.4, 0.5) is 4.79 Å². The Hall–Kier alpha value is -1.79. The highest BCUT2D eigenvalue weighted by Gasteiger charge is 2.20. The van der Waals surface area contributed by atoms with Crippen LogP contribution in [0.5, 0.6) is 0 Å². The quantitative estimate of drug-likeness (QED) is 0.790. The number of fused-ring (bicyclic) bond motifs is 1. The van der Waals surface area contributed by atoms with Crippen molar-refractivity contribution in [3.8, 4) is 0 Å². The standard InChI is InChI=1S/C13H16BNO4.C2H6/c1-13(2,3)19-12(16)15-7-6-9-4-5-10(14(17)18)8-11(9)15;1-2/h4-8,17-18H,1-3H3;1-2H3. The van der Waals surface area contributed by atoms with E-state index in [4.69, 9.17) is 14.8 Å². The van der Waals surface area contributed by atoms with E-state index in [9.17, 15) is 4.79 Å². The van der Waals surface area contributed by atoms with E-state index in [1.807, 2.05) is 13.8 Å². The van der Waals surface area contributed by atoms with Gasteiger partial charge in [-0.1, -0.05) is 26.0 Å². The van der Waals surface area contributed by atoms with Crippen LogP contribution in [0.2, 0.25) is 0 Å². The molecule has 21 heavy (non-hydrogen) atoms. The van der Waals surface area contributed by atoms with Crippen molar-refractivity contribution in [1.82, 2.24) is 4.57 Å². The van der Waals surface area contributed by atoms with Gasteiger partial charge in [0.15, 0.2) is 0 Å². The molecule has 0 aliphatic rings. The summed E-state index contributed by atoms with van der Waals surface area (Å²) in [5.41, 5.74) is 0.331. The van der Waals surface area contributed by atoms with E-state index in [1.54, 1.807) is 51.2 Å². The maximum atomic E-state index is 12.0. The Labute approximate surface area is 125 Å². The van der Waals surface area contributed by atoms with Crippen molar-refractivity contribution >= 4 is 29.6 Å². The fraction of sp³-hybridized carbons (Fsp3) is 0.400. The van der Waals surface area contributed by atoms with Crippen LogP contribution in [-0.2, 0) is 4.74 Å². The molecule has 0 aliphatic carbocycles. The van der Waals surface area contributed by atoms with Gasteiger partial charge in [-0.2, -0.15) is 0 Å². The van der Waals surface area contributed by atoms with Gasteiger partial charge in [0.25, 0.3) is 0 Å². The fourth-order valence-corrected chi connectivity index (χ4v) is 1.78.